The Hall–Kier alpha value is -1.06. The van der Waals surface area contributed by atoms with Crippen LogP contribution in [0.3, 0.4) is 0 Å². The third-order valence-corrected chi connectivity index (χ3v) is 4.90. The molecule has 0 amide bonds. The number of aliphatic imine (C=N–C) groups is 1. The van der Waals surface area contributed by atoms with E-state index >= 15 is 0 Å². The summed E-state index contributed by atoms with van der Waals surface area (Å²) in [5.41, 5.74) is 1.21. The number of para-hydroxylation sites is 1. The lowest BCUT2D eigenvalue weighted by Crippen LogP contribution is -2.49. The number of likely N-dealkylation sites (N-methyl/N-ethyl adjacent to an activating group) is 1. The predicted molar refractivity (Wildman–Crippen MR) is 125 cm³/mol. The molecule has 7 heteroatoms. The maximum Gasteiger partial charge on any atom is 0.191 e. The molecule has 1 aliphatic rings. The van der Waals surface area contributed by atoms with Crippen molar-refractivity contribution >= 4 is 29.9 Å². The number of guanidine groups is 1. The quantitative estimate of drug-likeness (QED) is 0.333. The van der Waals surface area contributed by atoms with E-state index in [-0.39, 0.29) is 24.0 Å². The summed E-state index contributed by atoms with van der Waals surface area (Å²) in [4.78, 5) is 9.70. The summed E-state index contributed by atoms with van der Waals surface area (Å²) in [7, 11) is 3.91. The normalized spacial score (nSPS) is 17.1. The van der Waals surface area contributed by atoms with Crippen molar-refractivity contribution in [1.82, 2.24) is 20.4 Å². The molecule has 2 N–H and O–H groups in total. The van der Waals surface area contributed by atoms with E-state index < -0.39 is 0 Å². The van der Waals surface area contributed by atoms with Gasteiger partial charge in [0.25, 0.3) is 0 Å². The molecule has 1 heterocycles. The van der Waals surface area contributed by atoms with Gasteiger partial charge in [-0.3, -0.25) is 9.89 Å². The molecule has 1 aromatic rings. The molecule has 1 unspecified atom stereocenters. The summed E-state index contributed by atoms with van der Waals surface area (Å²) in [5.74, 6) is 1.84. The number of hydrogen-bond acceptors (Lipinski definition) is 4. The summed E-state index contributed by atoms with van der Waals surface area (Å²) < 4.78 is 5.42. The Morgan fingerprint density at radius 3 is 2.56 bits per heavy atom. The molecule has 154 valence electrons. The molecule has 1 atom stereocenters. The van der Waals surface area contributed by atoms with Gasteiger partial charge in [-0.2, -0.15) is 0 Å². The topological polar surface area (TPSA) is 52.1 Å². The Morgan fingerprint density at radius 2 is 1.89 bits per heavy atom. The largest absolute Gasteiger partial charge is 0.496 e. The molecule has 0 aliphatic carbocycles. The second-order valence-electron chi connectivity index (χ2n) is 6.90. The fraction of sp³-hybridized carbons (Fsp3) is 0.650. The first kappa shape index (κ1) is 24.0. The highest BCUT2D eigenvalue weighted by molar-refractivity contribution is 14.0. The summed E-state index contributed by atoms with van der Waals surface area (Å²) in [6.07, 6.45) is 0.905. The second kappa shape index (κ2) is 13.2. The number of piperazine rings is 1. The number of methoxy groups -OCH3 is 1. The number of nitrogens with zero attached hydrogens (tertiary/aromatic N) is 3. The number of hydrogen-bond donors (Lipinski definition) is 2. The van der Waals surface area contributed by atoms with Gasteiger partial charge in [0.15, 0.2) is 5.96 Å². The van der Waals surface area contributed by atoms with E-state index in [1.807, 2.05) is 12.1 Å². The van der Waals surface area contributed by atoms with Crippen LogP contribution in [0.15, 0.2) is 29.3 Å². The van der Waals surface area contributed by atoms with Crippen molar-refractivity contribution in [3.05, 3.63) is 29.8 Å². The minimum absolute atomic E-state index is 0. The fourth-order valence-corrected chi connectivity index (χ4v) is 3.17. The monoisotopic (exact) mass is 489 g/mol. The van der Waals surface area contributed by atoms with Crippen molar-refractivity contribution in [2.24, 2.45) is 4.99 Å². The molecule has 0 spiro atoms. The zero-order valence-electron chi connectivity index (χ0n) is 17.2. The van der Waals surface area contributed by atoms with Gasteiger partial charge in [0, 0.05) is 45.3 Å². The molecule has 27 heavy (non-hydrogen) atoms. The number of halogens is 1. The molecule has 1 saturated heterocycles. The molecule has 0 aromatic heterocycles. The first-order valence-corrected chi connectivity index (χ1v) is 9.70. The summed E-state index contributed by atoms with van der Waals surface area (Å²) in [5, 5.41) is 6.79. The van der Waals surface area contributed by atoms with Crippen LogP contribution in [0.5, 0.6) is 5.75 Å². The van der Waals surface area contributed by atoms with Gasteiger partial charge < -0.3 is 20.3 Å². The van der Waals surface area contributed by atoms with Crippen LogP contribution in [-0.4, -0.2) is 81.8 Å². The van der Waals surface area contributed by atoms with Crippen molar-refractivity contribution in [3.8, 4) is 5.75 Å². The molecule has 0 radical (unpaired) electrons. The van der Waals surface area contributed by atoms with Crippen LogP contribution in [-0.2, 0) is 6.42 Å². The first-order valence-electron chi connectivity index (χ1n) is 9.70. The van der Waals surface area contributed by atoms with E-state index in [4.69, 9.17) is 9.73 Å². The molecular weight excluding hydrogens is 453 g/mol. The van der Waals surface area contributed by atoms with Crippen molar-refractivity contribution in [1.29, 1.82) is 0 Å². The van der Waals surface area contributed by atoms with E-state index in [1.165, 1.54) is 5.56 Å². The van der Waals surface area contributed by atoms with Crippen molar-refractivity contribution in [2.75, 3.05) is 60.0 Å². The summed E-state index contributed by atoms with van der Waals surface area (Å²) in [6, 6.07) is 8.64. The number of rotatable bonds is 8. The van der Waals surface area contributed by atoms with Crippen LogP contribution in [0.1, 0.15) is 19.4 Å². The number of ether oxygens (including phenoxy) is 1. The van der Waals surface area contributed by atoms with Gasteiger partial charge in [-0.15, -0.1) is 24.0 Å². The Labute approximate surface area is 181 Å². The average molecular weight is 489 g/mol. The number of nitrogens with one attached hydrogen (secondary N) is 2. The molecule has 1 fully saturated rings. The van der Waals surface area contributed by atoms with Crippen molar-refractivity contribution in [2.45, 2.75) is 26.3 Å². The maximum atomic E-state index is 5.42. The van der Waals surface area contributed by atoms with Gasteiger partial charge in [0.2, 0.25) is 0 Å². The highest BCUT2D eigenvalue weighted by atomic mass is 127. The zero-order chi connectivity index (χ0) is 18.8. The third kappa shape index (κ3) is 8.23. The SMILES string of the molecule is CCNC(=NCC(C)N1CCN(C)CC1)NCCc1ccccc1OC.I. The third-order valence-electron chi connectivity index (χ3n) is 4.90. The Kier molecular flexibility index (Phi) is 11.7. The lowest BCUT2D eigenvalue weighted by atomic mass is 10.1. The predicted octanol–water partition coefficient (Wildman–Crippen LogP) is 2.05. The van der Waals surface area contributed by atoms with Gasteiger partial charge in [-0.05, 0) is 38.9 Å². The average Bonchev–Trinajstić information content (AvgIpc) is 2.66. The molecular formula is C20H36IN5O. The Morgan fingerprint density at radius 1 is 1.19 bits per heavy atom. The van der Waals surface area contributed by atoms with E-state index in [0.29, 0.717) is 6.04 Å². The summed E-state index contributed by atoms with van der Waals surface area (Å²) in [6.45, 7) is 11.4. The molecule has 1 aromatic carbocycles. The van der Waals surface area contributed by atoms with Crippen molar-refractivity contribution in [3.63, 3.8) is 0 Å². The van der Waals surface area contributed by atoms with Crippen LogP contribution in [0.25, 0.3) is 0 Å². The van der Waals surface area contributed by atoms with Crippen LogP contribution >= 0.6 is 24.0 Å². The Balaban J connectivity index is 0.00000364. The number of benzene rings is 1. The lowest BCUT2D eigenvalue weighted by molar-refractivity contribution is 0.122. The van der Waals surface area contributed by atoms with Gasteiger partial charge in [0.05, 0.1) is 13.7 Å². The van der Waals surface area contributed by atoms with Crippen LogP contribution in [0.4, 0.5) is 0 Å². The highest BCUT2D eigenvalue weighted by Crippen LogP contribution is 2.17. The first-order chi connectivity index (χ1) is 12.6. The minimum Gasteiger partial charge on any atom is -0.496 e. The molecule has 6 nitrogen and oxygen atoms in total. The van der Waals surface area contributed by atoms with Crippen LogP contribution in [0.2, 0.25) is 0 Å². The minimum atomic E-state index is 0. The highest BCUT2D eigenvalue weighted by Gasteiger charge is 2.18. The molecule has 0 bridgehead atoms. The van der Waals surface area contributed by atoms with Crippen LogP contribution in [0, 0.1) is 0 Å². The van der Waals surface area contributed by atoms with Crippen molar-refractivity contribution < 1.29 is 4.74 Å². The molecule has 0 saturated carbocycles. The maximum absolute atomic E-state index is 5.42. The standard InChI is InChI=1S/C20H35N5O.HI/c1-5-21-20(22-11-10-18-8-6-7-9-19(18)26-4)23-16-17(2)25-14-12-24(3)13-15-25;/h6-9,17H,5,10-16H2,1-4H3,(H2,21,22,23);1H. The van der Waals surface area contributed by atoms with E-state index in [0.717, 1.165) is 63.9 Å². The van der Waals surface area contributed by atoms with E-state index in [9.17, 15) is 0 Å². The summed E-state index contributed by atoms with van der Waals surface area (Å²) >= 11 is 0. The van der Waals surface area contributed by atoms with E-state index in [1.54, 1.807) is 7.11 Å². The molecule has 2 rings (SSSR count). The van der Waals surface area contributed by atoms with Crippen LogP contribution < -0.4 is 15.4 Å². The molecule has 1 aliphatic heterocycles. The smallest absolute Gasteiger partial charge is 0.191 e. The second-order valence-corrected chi connectivity index (χ2v) is 6.90. The lowest BCUT2D eigenvalue weighted by Gasteiger charge is -2.35. The van der Waals surface area contributed by atoms with Gasteiger partial charge in [-0.25, -0.2) is 0 Å². The Bertz CT molecular complexity index is 561. The van der Waals surface area contributed by atoms with E-state index in [2.05, 4.69) is 53.5 Å². The fourth-order valence-electron chi connectivity index (χ4n) is 3.17. The van der Waals surface area contributed by atoms with Gasteiger partial charge >= 0.3 is 0 Å². The van der Waals surface area contributed by atoms with Gasteiger partial charge in [-0.1, -0.05) is 18.2 Å². The van der Waals surface area contributed by atoms with Gasteiger partial charge in [0.1, 0.15) is 5.75 Å². The zero-order valence-corrected chi connectivity index (χ0v) is 19.5.